The zero-order valence-electron chi connectivity index (χ0n) is 16.2. The highest BCUT2D eigenvalue weighted by Gasteiger charge is 2.38. The number of ether oxygens (including phenoxy) is 3. The Morgan fingerprint density at radius 3 is 2.64 bits per heavy atom. The summed E-state index contributed by atoms with van der Waals surface area (Å²) < 4.78 is 18.5. The van der Waals surface area contributed by atoms with Gasteiger partial charge in [0.25, 0.3) is 5.91 Å². The summed E-state index contributed by atoms with van der Waals surface area (Å²) in [6.07, 6.45) is 2.86. The van der Waals surface area contributed by atoms with E-state index in [-0.39, 0.29) is 24.3 Å². The number of benzene rings is 1. The summed E-state index contributed by atoms with van der Waals surface area (Å²) in [6.45, 7) is 4.79. The topological polar surface area (TPSA) is 68.2 Å². The fourth-order valence-corrected chi connectivity index (χ4v) is 4.10. The van der Waals surface area contributed by atoms with Crippen molar-refractivity contribution in [3.05, 3.63) is 45.2 Å². The first kappa shape index (κ1) is 21.5. The number of hydrogen-bond donors (Lipinski definition) is 1. The predicted octanol–water partition coefficient (Wildman–Crippen LogP) is 2.90. The van der Waals surface area contributed by atoms with Crippen molar-refractivity contribution in [2.45, 2.75) is 32.0 Å². The van der Waals surface area contributed by atoms with Crippen molar-refractivity contribution < 1.29 is 24.1 Å². The molecule has 3 atom stereocenters. The van der Waals surface area contributed by atoms with Gasteiger partial charge in [-0.25, -0.2) is 0 Å². The number of amides is 1. The van der Waals surface area contributed by atoms with Gasteiger partial charge in [0.2, 0.25) is 6.29 Å². The number of carbonyl (C=O) groups excluding carboxylic acids is 1. The minimum Gasteiger partial charge on any atom is -0.459 e. The van der Waals surface area contributed by atoms with Crippen LogP contribution in [0.3, 0.4) is 0 Å². The van der Waals surface area contributed by atoms with Gasteiger partial charge in [-0.2, -0.15) is 0 Å². The molecule has 0 saturated carbocycles. The predicted molar refractivity (Wildman–Crippen MR) is 114 cm³/mol. The van der Waals surface area contributed by atoms with Crippen molar-refractivity contribution in [3.8, 4) is 0 Å². The number of aliphatic hydroxyl groups is 1. The van der Waals surface area contributed by atoms with E-state index in [2.05, 4.69) is 46.9 Å². The van der Waals surface area contributed by atoms with E-state index >= 15 is 0 Å². The molecule has 6 nitrogen and oxygen atoms in total. The Labute approximate surface area is 180 Å². The first-order chi connectivity index (χ1) is 13.6. The molecule has 0 unspecified atom stereocenters. The average molecular weight is 501 g/mol. The molecule has 2 aliphatic heterocycles. The van der Waals surface area contributed by atoms with Gasteiger partial charge in [-0.3, -0.25) is 4.79 Å². The molecule has 2 aliphatic rings. The van der Waals surface area contributed by atoms with Gasteiger partial charge < -0.3 is 24.2 Å². The van der Waals surface area contributed by atoms with Gasteiger partial charge in [0.05, 0.1) is 13.2 Å². The number of rotatable bonds is 7. The van der Waals surface area contributed by atoms with E-state index in [1.165, 1.54) is 0 Å². The Kier molecular flexibility index (Phi) is 8.13. The van der Waals surface area contributed by atoms with Crippen molar-refractivity contribution >= 4 is 28.5 Å². The summed E-state index contributed by atoms with van der Waals surface area (Å²) in [7, 11) is 0. The molecule has 0 bridgehead atoms. The highest BCUT2D eigenvalue weighted by molar-refractivity contribution is 14.1. The Morgan fingerprint density at radius 2 is 2.00 bits per heavy atom. The molecular weight excluding hydrogens is 473 g/mol. The molecule has 154 valence electrons. The number of aliphatic hydroxyl groups excluding tert-OH is 1. The van der Waals surface area contributed by atoms with E-state index in [1.54, 1.807) is 4.90 Å². The Hall–Kier alpha value is -1.16. The van der Waals surface area contributed by atoms with Crippen LogP contribution in [0.4, 0.5) is 0 Å². The Morgan fingerprint density at radius 1 is 1.29 bits per heavy atom. The maximum atomic E-state index is 13.0. The van der Waals surface area contributed by atoms with E-state index in [1.807, 2.05) is 13.0 Å². The second-order valence-electron chi connectivity index (χ2n) is 6.98. The maximum absolute atomic E-state index is 13.0. The average Bonchev–Trinajstić information content (AvgIpc) is 2.73. The molecule has 3 rings (SSSR count). The molecule has 1 fully saturated rings. The van der Waals surface area contributed by atoms with Gasteiger partial charge in [0.15, 0.2) is 5.76 Å². The summed E-state index contributed by atoms with van der Waals surface area (Å²) in [5, 5.41) is 9.35. The highest BCUT2D eigenvalue weighted by atomic mass is 127. The van der Waals surface area contributed by atoms with E-state index in [0.717, 1.165) is 15.6 Å². The van der Waals surface area contributed by atoms with Crippen LogP contribution in [0.25, 0.3) is 0 Å². The van der Waals surface area contributed by atoms with Gasteiger partial charge in [-0.15, -0.1) is 0 Å². The van der Waals surface area contributed by atoms with Crippen LogP contribution >= 0.6 is 22.6 Å². The van der Waals surface area contributed by atoms with Crippen molar-refractivity contribution in [2.75, 3.05) is 39.5 Å². The number of morpholine rings is 1. The highest BCUT2D eigenvalue weighted by Crippen LogP contribution is 2.39. The summed E-state index contributed by atoms with van der Waals surface area (Å²) in [5.41, 5.74) is 1.13. The Bertz CT molecular complexity index is 672. The van der Waals surface area contributed by atoms with Crippen LogP contribution in [0.2, 0.25) is 0 Å². The molecule has 1 amide bonds. The lowest BCUT2D eigenvalue weighted by Gasteiger charge is -2.38. The third-order valence-corrected chi connectivity index (χ3v) is 5.89. The minimum atomic E-state index is -0.509. The molecular formula is C21H28INO5. The molecule has 28 heavy (non-hydrogen) atoms. The lowest BCUT2D eigenvalue weighted by molar-refractivity contribution is -0.171. The van der Waals surface area contributed by atoms with Crippen molar-refractivity contribution in [1.29, 1.82) is 0 Å². The number of carbonyl (C=O) groups is 1. The molecule has 1 saturated heterocycles. The lowest BCUT2D eigenvalue weighted by Crippen LogP contribution is -2.44. The molecule has 1 aromatic carbocycles. The molecule has 0 radical (unpaired) electrons. The summed E-state index contributed by atoms with van der Waals surface area (Å²) in [4.78, 5) is 14.8. The van der Waals surface area contributed by atoms with Crippen molar-refractivity contribution in [2.24, 2.45) is 5.92 Å². The second-order valence-corrected chi connectivity index (χ2v) is 8.23. The maximum Gasteiger partial charge on any atom is 0.288 e. The Balaban J connectivity index is 1.92. The third-order valence-electron chi connectivity index (χ3n) is 5.18. The number of nitrogens with zero attached hydrogens (tertiary/aromatic N) is 1. The van der Waals surface area contributed by atoms with Crippen LogP contribution in [0.5, 0.6) is 0 Å². The lowest BCUT2D eigenvalue weighted by atomic mass is 9.80. The van der Waals surface area contributed by atoms with Gasteiger partial charge >= 0.3 is 0 Å². The van der Waals surface area contributed by atoms with Gasteiger partial charge in [-0.1, -0.05) is 12.1 Å². The molecule has 2 heterocycles. The summed E-state index contributed by atoms with van der Waals surface area (Å²) in [6, 6.07) is 8.34. The number of halogens is 1. The van der Waals surface area contributed by atoms with Crippen LogP contribution in [-0.4, -0.2) is 61.7 Å². The zero-order chi connectivity index (χ0) is 19.9. The van der Waals surface area contributed by atoms with Crippen LogP contribution in [-0.2, 0) is 19.0 Å². The van der Waals surface area contributed by atoms with Crippen molar-refractivity contribution in [1.82, 2.24) is 4.90 Å². The fourth-order valence-electron chi connectivity index (χ4n) is 3.74. The first-order valence-corrected chi connectivity index (χ1v) is 10.9. The first-order valence-electron chi connectivity index (χ1n) is 9.87. The fraction of sp³-hybridized carbons (Fsp3) is 0.571. The van der Waals surface area contributed by atoms with Crippen LogP contribution in [0.15, 0.2) is 36.1 Å². The monoisotopic (exact) mass is 501 g/mol. The quantitative estimate of drug-likeness (QED) is 0.583. The molecule has 1 aromatic rings. The minimum absolute atomic E-state index is 0.00570. The number of allylic oxidation sites excluding steroid dienone is 1. The largest absolute Gasteiger partial charge is 0.459 e. The van der Waals surface area contributed by atoms with E-state index < -0.39 is 6.29 Å². The number of hydrogen-bond acceptors (Lipinski definition) is 5. The molecule has 1 N–H and O–H groups in total. The molecule has 0 aromatic heterocycles. The van der Waals surface area contributed by atoms with Crippen LogP contribution < -0.4 is 0 Å². The molecule has 0 aliphatic carbocycles. The molecule has 7 heteroatoms. The van der Waals surface area contributed by atoms with Crippen LogP contribution in [0.1, 0.15) is 31.2 Å². The van der Waals surface area contributed by atoms with Gasteiger partial charge in [0.1, 0.15) is 0 Å². The van der Waals surface area contributed by atoms with E-state index in [0.29, 0.717) is 45.1 Å². The summed E-state index contributed by atoms with van der Waals surface area (Å²) >= 11 is 2.29. The van der Waals surface area contributed by atoms with E-state index in [9.17, 15) is 9.90 Å². The third kappa shape index (κ3) is 5.25. The van der Waals surface area contributed by atoms with Crippen LogP contribution in [0, 0.1) is 9.49 Å². The summed E-state index contributed by atoms with van der Waals surface area (Å²) in [5.74, 6) is 0.274. The SMILES string of the molecule is CCO[C@@H]1OC(C(=O)N2CCOCC2)=C[C@H](c2ccc(I)cc2)[C@@H]1CCCO. The normalized spacial score (nSPS) is 25.2. The second kappa shape index (κ2) is 10.6. The van der Waals surface area contributed by atoms with Crippen molar-refractivity contribution in [3.63, 3.8) is 0 Å². The van der Waals surface area contributed by atoms with Gasteiger partial charge in [-0.05, 0) is 66.1 Å². The van der Waals surface area contributed by atoms with E-state index in [4.69, 9.17) is 14.2 Å². The standard InChI is InChI=1S/C21H28INO5/c1-2-27-21-17(4-3-11-24)18(15-5-7-16(22)8-6-15)14-19(28-21)20(25)23-9-12-26-13-10-23/h5-8,14,17-18,21,24H,2-4,9-13H2,1H3/t17-,18+,21+/m0/s1. The van der Waals surface area contributed by atoms with Gasteiger partial charge in [0, 0.05) is 41.7 Å². The zero-order valence-corrected chi connectivity index (χ0v) is 18.3. The smallest absolute Gasteiger partial charge is 0.288 e. The molecule has 0 spiro atoms.